The van der Waals surface area contributed by atoms with Crippen molar-refractivity contribution in [3.63, 3.8) is 0 Å². The van der Waals surface area contributed by atoms with Gasteiger partial charge in [0.25, 0.3) is 10.0 Å². The summed E-state index contributed by atoms with van der Waals surface area (Å²) in [7, 11) is -3.74. The first-order valence-electron chi connectivity index (χ1n) is 6.10. The second-order valence-corrected chi connectivity index (χ2v) is 6.37. The van der Waals surface area contributed by atoms with Crippen molar-refractivity contribution in [3.05, 3.63) is 53.6 Å². The number of sulfonamides is 1. The minimum absolute atomic E-state index is 0.0184. The molecule has 0 aromatic heterocycles. The van der Waals surface area contributed by atoms with Crippen LogP contribution in [-0.4, -0.2) is 15.0 Å². The lowest BCUT2D eigenvalue weighted by atomic mass is 10.3. The normalized spacial score (nSPS) is 11.3. The maximum Gasteiger partial charge on any atom is 0.265 e. The third-order valence-corrected chi connectivity index (χ3v) is 5.37. The molecule has 2 N–H and O–H groups in total. The van der Waals surface area contributed by atoms with Crippen molar-refractivity contribution in [1.29, 1.82) is 0 Å². The van der Waals surface area contributed by atoms with Crippen LogP contribution in [0.1, 0.15) is 6.92 Å². The number of nitrogens with two attached hydrogens (primary N) is 1. The van der Waals surface area contributed by atoms with E-state index in [0.717, 1.165) is 0 Å². The van der Waals surface area contributed by atoms with Crippen LogP contribution in [0.15, 0.2) is 53.4 Å². The van der Waals surface area contributed by atoms with E-state index in [1.165, 1.54) is 10.4 Å². The Morgan fingerprint density at radius 2 is 1.75 bits per heavy atom. The molecule has 0 atom stereocenters. The SMILES string of the molecule is CCN(c1ccccc1)S(=O)(=O)c1cccc(N)c1Cl. The highest BCUT2D eigenvalue weighted by Gasteiger charge is 2.26. The summed E-state index contributed by atoms with van der Waals surface area (Å²) in [5.41, 5.74) is 6.52. The number of hydrogen-bond acceptors (Lipinski definition) is 3. The number of hydrogen-bond donors (Lipinski definition) is 1. The number of rotatable bonds is 4. The van der Waals surface area contributed by atoms with Crippen LogP contribution >= 0.6 is 11.6 Å². The fourth-order valence-electron chi connectivity index (χ4n) is 1.93. The van der Waals surface area contributed by atoms with Gasteiger partial charge in [0, 0.05) is 6.54 Å². The number of nitrogens with zero attached hydrogens (tertiary/aromatic N) is 1. The van der Waals surface area contributed by atoms with Crippen LogP contribution in [0.5, 0.6) is 0 Å². The van der Waals surface area contributed by atoms with E-state index >= 15 is 0 Å². The van der Waals surface area contributed by atoms with Crippen molar-refractivity contribution in [2.75, 3.05) is 16.6 Å². The molecule has 0 amide bonds. The molecule has 20 heavy (non-hydrogen) atoms. The summed E-state index contributed by atoms with van der Waals surface area (Å²) < 4.78 is 26.7. The van der Waals surface area contributed by atoms with E-state index in [9.17, 15) is 8.42 Å². The molecule has 2 aromatic carbocycles. The first-order chi connectivity index (χ1) is 9.48. The zero-order chi connectivity index (χ0) is 14.8. The minimum atomic E-state index is -3.74. The maximum atomic E-state index is 12.7. The lowest BCUT2D eigenvalue weighted by molar-refractivity contribution is 0.592. The lowest BCUT2D eigenvalue weighted by Crippen LogP contribution is -2.31. The average molecular weight is 311 g/mol. The fraction of sp³-hybridized carbons (Fsp3) is 0.143. The van der Waals surface area contributed by atoms with Crippen LogP contribution in [0, 0.1) is 0 Å². The van der Waals surface area contributed by atoms with E-state index in [1.807, 2.05) is 6.07 Å². The van der Waals surface area contributed by atoms with Crippen LogP contribution in [0.25, 0.3) is 0 Å². The van der Waals surface area contributed by atoms with Gasteiger partial charge in [-0.2, -0.15) is 0 Å². The molecule has 0 unspecified atom stereocenters. The maximum absolute atomic E-state index is 12.7. The summed E-state index contributed by atoms with van der Waals surface area (Å²) in [6.07, 6.45) is 0. The van der Waals surface area contributed by atoms with Crippen LogP contribution in [0.2, 0.25) is 5.02 Å². The van der Waals surface area contributed by atoms with E-state index in [4.69, 9.17) is 17.3 Å². The Kier molecular flexibility index (Phi) is 4.20. The molecule has 0 saturated carbocycles. The lowest BCUT2D eigenvalue weighted by Gasteiger charge is -2.23. The molecule has 0 aliphatic rings. The molecule has 0 heterocycles. The second kappa shape index (κ2) is 5.73. The molecular formula is C14H15ClN2O2S. The topological polar surface area (TPSA) is 63.4 Å². The Hall–Kier alpha value is -1.72. The van der Waals surface area contributed by atoms with Gasteiger partial charge in [-0.1, -0.05) is 35.9 Å². The van der Waals surface area contributed by atoms with Gasteiger partial charge in [-0.25, -0.2) is 8.42 Å². The molecule has 0 spiro atoms. The Morgan fingerprint density at radius 1 is 1.10 bits per heavy atom. The highest BCUT2D eigenvalue weighted by atomic mass is 35.5. The first kappa shape index (κ1) is 14.7. The number of nitrogen functional groups attached to an aromatic ring is 1. The molecule has 0 radical (unpaired) electrons. The quantitative estimate of drug-likeness (QED) is 0.882. The van der Waals surface area contributed by atoms with Gasteiger partial charge in [-0.15, -0.1) is 0 Å². The minimum Gasteiger partial charge on any atom is -0.397 e. The fourth-order valence-corrected chi connectivity index (χ4v) is 3.92. The van der Waals surface area contributed by atoms with Crippen LogP contribution < -0.4 is 10.0 Å². The van der Waals surface area contributed by atoms with Crippen molar-refractivity contribution < 1.29 is 8.42 Å². The van der Waals surface area contributed by atoms with Crippen molar-refractivity contribution in [2.24, 2.45) is 0 Å². The van der Waals surface area contributed by atoms with Crippen LogP contribution in [0.3, 0.4) is 0 Å². The van der Waals surface area contributed by atoms with Crippen molar-refractivity contribution in [3.8, 4) is 0 Å². The highest BCUT2D eigenvalue weighted by Crippen LogP contribution is 2.31. The molecule has 6 heteroatoms. The summed E-state index contributed by atoms with van der Waals surface area (Å²) in [6, 6.07) is 13.5. The summed E-state index contributed by atoms with van der Waals surface area (Å²) in [4.78, 5) is 0.0184. The van der Waals surface area contributed by atoms with Gasteiger partial charge in [0.1, 0.15) is 4.90 Å². The van der Waals surface area contributed by atoms with E-state index in [-0.39, 0.29) is 15.6 Å². The zero-order valence-electron chi connectivity index (χ0n) is 11.0. The van der Waals surface area contributed by atoms with Gasteiger partial charge < -0.3 is 5.73 Å². The Morgan fingerprint density at radius 3 is 2.35 bits per heavy atom. The molecule has 106 valence electrons. The van der Waals surface area contributed by atoms with E-state index in [2.05, 4.69) is 0 Å². The number of anilines is 2. The summed E-state index contributed by atoms with van der Waals surface area (Å²) >= 11 is 6.04. The highest BCUT2D eigenvalue weighted by molar-refractivity contribution is 7.93. The monoisotopic (exact) mass is 310 g/mol. The van der Waals surface area contributed by atoms with Crippen LogP contribution in [-0.2, 0) is 10.0 Å². The average Bonchev–Trinajstić information content (AvgIpc) is 2.43. The van der Waals surface area contributed by atoms with E-state index in [0.29, 0.717) is 12.2 Å². The third kappa shape index (κ3) is 2.59. The predicted molar refractivity (Wildman–Crippen MR) is 82.5 cm³/mol. The Bertz CT molecular complexity index is 702. The second-order valence-electron chi connectivity index (χ2n) is 4.16. The summed E-state index contributed by atoms with van der Waals surface area (Å²) in [6.45, 7) is 2.07. The Labute approximate surface area is 123 Å². The number of benzene rings is 2. The molecule has 2 aromatic rings. The first-order valence-corrected chi connectivity index (χ1v) is 7.92. The zero-order valence-corrected chi connectivity index (χ0v) is 12.5. The standard InChI is InChI=1S/C14H15ClN2O2S/c1-2-17(11-7-4-3-5-8-11)20(18,19)13-10-6-9-12(16)14(13)15/h3-10H,2,16H2,1H3. The molecule has 0 saturated heterocycles. The van der Waals surface area contributed by atoms with Gasteiger partial charge in [0.15, 0.2) is 0 Å². The van der Waals surface area contributed by atoms with Gasteiger partial charge in [-0.05, 0) is 31.2 Å². The molecule has 0 bridgehead atoms. The molecule has 0 aliphatic heterocycles. The van der Waals surface area contributed by atoms with Gasteiger partial charge >= 0.3 is 0 Å². The van der Waals surface area contributed by atoms with Crippen molar-refractivity contribution >= 4 is 33.0 Å². The van der Waals surface area contributed by atoms with E-state index < -0.39 is 10.0 Å². The molecule has 0 aliphatic carbocycles. The molecule has 2 rings (SSSR count). The third-order valence-electron chi connectivity index (χ3n) is 2.89. The van der Waals surface area contributed by atoms with Crippen LogP contribution in [0.4, 0.5) is 11.4 Å². The van der Waals surface area contributed by atoms with Crippen molar-refractivity contribution in [2.45, 2.75) is 11.8 Å². The largest absolute Gasteiger partial charge is 0.397 e. The van der Waals surface area contributed by atoms with Crippen molar-refractivity contribution in [1.82, 2.24) is 0 Å². The molecular weight excluding hydrogens is 296 g/mol. The molecule has 0 fully saturated rings. The van der Waals surface area contributed by atoms with Gasteiger partial charge in [-0.3, -0.25) is 4.31 Å². The van der Waals surface area contributed by atoms with Gasteiger partial charge in [0.2, 0.25) is 0 Å². The predicted octanol–water partition coefficient (Wildman–Crippen LogP) is 3.14. The number of para-hydroxylation sites is 1. The van der Waals surface area contributed by atoms with Gasteiger partial charge in [0.05, 0.1) is 16.4 Å². The molecule has 4 nitrogen and oxygen atoms in total. The van der Waals surface area contributed by atoms with E-state index in [1.54, 1.807) is 43.3 Å². The summed E-state index contributed by atoms with van der Waals surface area (Å²) in [5.74, 6) is 0. The summed E-state index contributed by atoms with van der Waals surface area (Å²) in [5, 5.41) is 0.0573. The smallest absolute Gasteiger partial charge is 0.265 e. The number of halogens is 1. The Balaban J connectivity index is 2.56.